The smallest absolute Gasteiger partial charge is 0.151 e. The first-order valence-electron chi connectivity index (χ1n) is 11.8. The molecular weight excluding hydrogens is 458 g/mol. The molecule has 0 amide bonds. The van der Waals surface area contributed by atoms with E-state index in [0.717, 1.165) is 65.3 Å². The Bertz CT molecular complexity index is 1330. The molecule has 1 aliphatic heterocycles. The standard InChI is InChI=1S/C27H29N5O2S/c1-20-6-7-22(18-25(20)27-24-5-3-2-4-21(24)10-11-28-27)30-35(34)23-8-9-26(29-19-23)32-14-12-31(13-15-32)16-17-33/h2-11,18-19,30,33H,12-17H2,1H3. The maximum absolute atomic E-state index is 13.1. The number of benzene rings is 2. The summed E-state index contributed by atoms with van der Waals surface area (Å²) in [6.07, 6.45) is 3.51. The molecular formula is C27H29N5O2S. The van der Waals surface area contributed by atoms with Gasteiger partial charge in [-0.15, -0.1) is 0 Å². The Morgan fingerprint density at radius 3 is 2.60 bits per heavy atom. The predicted octanol–water partition coefficient (Wildman–Crippen LogP) is 3.85. The molecule has 2 aromatic carbocycles. The van der Waals surface area contributed by atoms with Crippen LogP contribution in [0.2, 0.25) is 0 Å². The molecule has 4 aromatic rings. The van der Waals surface area contributed by atoms with Crippen LogP contribution in [0, 0.1) is 6.92 Å². The number of nitrogens with one attached hydrogen (secondary N) is 1. The quantitative estimate of drug-likeness (QED) is 0.412. The van der Waals surface area contributed by atoms with Crippen molar-refractivity contribution in [2.45, 2.75) is 11.8 Å². The Kier molecular flexibility index (Phi) is 7.03. The molecule has 0 spiro atoms. The summed E-state index contributed by atoms with van der Waals surface area (Å²) in [6.45, 7) is 6.49. The molecule has 35 heavy (non-hydrogen) atoms. The molecule has 0 aliphatic carbocycles. The number of aliphatic hydroxyl groups is 1. The molecule has 2 N–H and O–H groups in total. The zero-order valence-corrected chi connectivity index (χ0v) is 20.5. The third kappa shape index (κ3) is 5.19. The Hall–Kier alpha value is -3.33. The van der Waals surface area contributed by atoms with Gasteiger partial charge in [0, 0.05) is 61.8 Å². The lowest BCUT2D eigenvalue weighted by Crippen LogP contribution is -2.47. The van der Waals surface area contributed by atoms with Crippen LogP contribution in [-0.4, -0.2) is 63.5 Å². The molecule has 0 radical (unpaired) electrons. The second-order valence-corrected chi connectivity index (χ2v) is 9.90. The van der Waals surface area contributed by atoms with Gasteiger partial charge in [-0.05, 0) is 48.2 Å². The van der Waals surface area contributed by atoms with Gasteiger partial charge in [0.1, 0.15) is 5.82 Å². The van der Waals surface area contributed by atoms with Crippen molar-refractivity contribution in [2.75, 3.05) is 49.0 Å². The molecule has 7 nitrogen and oxygen atoms in total. The van der Waals surface area contributed by atoms with Crippen LogP contribution in [0.3, 0.4) is 0 Å². The molecule has 1 saturated heterocycles. The summed E-state index contributed by atoms with van der Waals surface area (Å²) >= 11 is 0. The van der Waals surface area contributed by atoms with Crippen molar-refractivity contribution in [3.63, 3.8) is 0 Å². The van der Waals surface area contributed by atoms with Crippen LogP contribution < -0.4 is 9.62 Å². The lowest BCUT2D eigenvalue weighted by Gasteiger charge is -2.35. The zero-order valence-electron chi connectivity index (χ0n) is 19.7. The fourth-order valence-electron chi connectivity index (χ4n) is 4.45. The molecule has 1 fully saturated rings. The second kappa shape index (κ2) is 10.5. The van der Waals surface area contributed by atoms with E-state index in [1.807, 2.05) is 54.7 Å². The maximum Gasteiger partial charge on any atom is 0.151 e. The highest BCUT2D eigenvalue weighted by molar-refractivity contribution is 7.86. The highest BCUT2D eigenvalue weighted by atomic mass is 32.2. The molecule has 3 heterocycles. The monoisotopic (exact) mass is 487 g/mol. The van der Waals surface area contributed by atoms with Gasteiger partial charge in [0.05, 0.1) is 17.2 Å². The van der Waals surface area contributed by atoms with E-state index in [0.29, 0.717) is 11.4 Å². The Morgan fingerprint density at radius 2 is 1.83 bits per heavy atom. The number of aliphatic hydroxyl groups excluding tert-OH is 1. The molecule has 1 aliphatic rings. The van der Waals surface area contributed by atoms with Crippen LogP contribution >= 0.6 is 0 Å². The SMILES string of the molecule is Cc1ccc(NS(=O)c2ccc(N3CCN(CCO)CC3)nc2)cc1-c1nccc2ccccc12. The number of piperazine rings is 1. The van der Waals surface area contributed by atoms with Gasteiger partial charge in [-0.1, -0.05) is 30.3 Å². The molecule has 0 saturated carbocycles. The summed E-state index contributed by atoms with van der Waals surface area (Å²) in [4.78, 5) is 14.3. The van der Waals surface area contributed by atoms with Crippen LogP contribution in [0.1, 0.15) is 5.56 Å². The molecule has 1 unspecified atom stereocenters. The average Bonchev–Trinajstić information content (AvgIpc) is 2.90. The van der Waals surface area contributed by atoms with Gasteiger partial charge >= 0.3 is 0 Å². The van der Waals surface area contributed by atoms with Gasteiger partial charge in [-0.25, -0.2) is 9.19 Å². The molecule has 0 bridgehead atoms. The molecule has 8 heteroatoms. The van der Waals surface area contributed by atoms with Gasteiger partial charge in [0.25, 0.3) is 0 Å². The summed E-state index contributed by atoms with van der Waals surface area (Å²) in [7, 11) is -1.44. The number of fused-ring (bicyclic) bond motifs is 1. The lowest BCUT2D eigenvalue weighted by molar-refractivity contribution is 0.188. The highest BCUT2D eigenvalue weighted by Gasteiger charge is 2.18. The fraction of sp³-hybridized carbons (Fsp3) is 0.259. The number of nitrogens with zero attached hydrogens (tertiary/aromatic N) is 4. The fourth-order valence-corrected chi connectivity index (χ4v) is 5.25. The molecule has 180 valence electrons. The Morgan fingerprint density at radius 1 is 1.00 bits per heavy atom. The summed E-state index contributed by atoms with van der Waals surface area (Å²) in [5.41, 5.74) is 3.80. The largest absolute Gasteiger partial charge is 0.395 e. The van der Waals surface area contributed by atoms with Gasteiger partial charge in [0.2, 0.25) is 0 Å². The molecule has 5 rings (SSSR count). The van der Waals surface area contributed by atoms with Crippen LogP contribution in [0.15, 0.2) is 78.0 Å². The maximum atomic E-state index is 13.1. The lowest BCUT2D eigenvalue weighted by atomic mass is 10.00. The normalized spacial score (nSPS) is 15.3. The average molecular weight is 488 g/mol. The Labute approximate surface area is 208 Å². The topological polar surface area (TPSA) is 81.6 Å². The summed E-state index contributed by atoms with van der Waals surface area (Å²) < 4.78 is 16.2. The van der Waals surface area contributed by atoms with E-state index < -0.39 is 11.0 Å². The number of rotatable bonds is 7. The van der Waals surface area contributed by atoms with Crippen molar-refractivity contribution in [3.8, 4) is 11.3 Å². The number of β-amino-alcohol motifs (C(OH)–C–C–N with tert-alkyl or cyclic N) is 1. The van der Waals surface area contributed by atoms with Gasteiger partial charge < -0.3 is 14.7 Å². The van der Waals surface area contributed by atoms with Crippen molar-refractivity contribution in [2.24, 2.45) is 0 Å². The van der Waals surface area contributed by atoms with E-state index in [-0.39, 0.29) is 6.61 Å². The minimum absolute atomic E-state index is 0.187. The summed E-state index contributed by atoms with van der Waals surface area (Å²) in [5, 5.41) is 11.3. The third-order valence-electron chi connectivity index (χ3n) is 6.42. The zero-order chi connectivity index (χ0) is 24.2. The van der Waals surface area contributed by atoms with Gasteiger partial charge in [-0.2, -0.15) is 0 Å². The number of aromatic nitrogens is 2. The molecule has 1 atom stereocenters. The van der Waals surface area contributed by atoms with Crippen LogP contribution in [-0.2, 0) is 11.0 Å². The van der Waals surface area contributed by atoms with Gasteiger partial charge in [-0.3, -0.25) is 9.88 Å². The summed E-state index contributed by atoms with van der Waals surface area (Å²) in [6, 6.07) is 20.0. The predicted molar refractivity (Wildman–Crippen MR) is 142 cm³/mol. The van der Waals surface area contributed by atoms with E-state index in [2.05, 4.69) is 43.5 Å². The Balaban J connectivity index is 1.31. The number of anilines is 2. The van der Waals surface area contributed by atoms with E-state index >= 15 is 0 Å². The minimum atomic E-state index is -1.44. The number of hydrogen-bond donors (Lipinski definition) is 2. The first-order valence-corrected chi connectivity index (χ1v) is 12.9. The number of hydrogen-bond acceptors (Lipinski definition) is 6. The van der Waals surface area contributed by atoms with E-state index in [4.69, 9.17) is 5.11 Å². The highest BCUT2D eigenvalue weighted by Crippen LogP contribution is 2.31. The van der Waals surface area contributed by atoms with Crippen LogP contribution in [0.5, 0.6) is 0 Å². The van der Waals surface area contributed by atoms with Gasteiger partial charge in [0.15, 0.2) is 11.0 Å². The molecule has 2 aromatic heterocycles. The van der Waals surface area contributed by atoms with E-state index in [1.54, 1.807) is 6.20 Å². The van der Waals surface area contributed by atoms with Crippen LogP contribution in [0.25, 0.3) is 22.0 Å². The van der Waals surface area contributed by atoms with Crippen molar-refractivity contribution in [1.29, 1.82) is 0 Å². The first-order chi connectivity index (χ1) is 17.1. The van der Waals surface area contributed by atoms with Crippen molar-refractivity contribution < 1.29 is 9.32 Å². The van der Waals surface area contributed by atoms with Crippen molar-refractivity contribution >= 4 is 33.3 Å². The van der Waals surface area contributed by atoms with E-state index in [9.17, 15) is 4.21 Å². The van der Waals surface area contributed by atoms with Crippen LogP contribution in [0.4, 0.5) is 11.5 Å². The third-order valence-corrected chi connectivity index (χ3v) is 7.51. The first kappa shape index (κ1) is 23.4. The van der Waals surface area contributed by atoms with Crippen molar-refractivity contribution in [1.82, 2.24) is 14.9 Å². The summed E-state index contributed by atoms with van der Waals surface area (Å²) in [5.74, 6) is 0.883. The van der Waals surface area contributed by atoms with Crippen molar-refractivity contribution in [3.05, 3.63) is 78.6 Å². The minimum Gasteiger partial charge on any atom is -0.395 e. The number of pyridine rings is 2. The number of aryl methyl sites for hydroxylation is 1. The van der Waals surface area contributed by atoms with E-state index in [1.165, 1.54) is 0 Å². The second-order valence-electron chi connectivity index (χ2n) is 8.69.